The standard InChI is InChI=1S/C24H49NO2P/c1-6-8-9-10-11-12-13-14-15-16-17-18-19-20-21-23-24(22-7-2,28(26)27)25(3,4)5/h15-16H,6-14,17-23H2,1-5H3/q+1/b16-15-. The Morgan fingerprint density at radius 1 is 0.714 bits per heavy atom. The van der Waals surface area contributed by atoms with Crippen LogP contribution in [0.15, 0.2) is 12.2 Å². The highest BCUT2D eigenvalue weighted by Gasteiger charge is 2.53. The van der Waals surface area contributed by atoms with Crippen LogP contribution in [0.3, 0.4) is 0 Å². The molecule has 3 nitrogen and oxygen atoms in total. The third-order valence-corrected chi connectivity index (χ3v) is 7.80. The van der Waals surface area contributed by atoms with Gasteiger partial charge in [-0.25, -0.2) is 0 Å². The van der Waals surface area contributed by atoms with E-state index in [0.717, 1.165) is 32.1 Å². The highest BCUT2D eigenvalue weighted by molar-refractivity contribution is 7.38. The number of hydrogen-bond acceptors (Lipinski definition) is 2. The maximum Gasteiger partial charge on any atom is 0.376 e. The van der Waals surface area contributed by atoms with Crippen LogP contribution in [0.5, 0.6) is 0 Å². The number of hydrogen-bond donors (Lipinski definition) is 0. The molecule has 0 saturated heterocycles. The Labute approximate surface area is 177 Å². The molecular weight excluding hydrogens is 365 g/mol. The zero-order valence-corrected chi connectivity index (χ0v) is 20.6. The van der Waals surface area contributed by atoms with E-state index in [1.807, 2.05) is 21.1 Å². The normalized spacial score (nSPS) is 15.1. The highest BCUT2D eigenvalue weighted by atomic mass is 31.1. The molecule has 0 radical (unpaired) electrons. The molecule has 0 aromatic carbocycles. The van der Waals surface area contributed by atoms with Gasteiger partial charge in [0, 0.05) is 12.8 Å². The number of allylic oxidation sites excluding steroid dienone is 2. The fourth-order valence-electron chi connectivity index (χ4n) is 4.10. The summed E-state index contributed by atoms with van der Waals surface area (Å²) in [4.78, 5) is 12.0. The second-order valence-corrected chi connectivity index (χ2v) is 10.7. The van der Waals surface area contributed by atoms with Crippen LogP contribution >= 0.6 is 8.03 Å². The first-order chi connectivity index (χ1) is 13.3. The molecule has 0 aromatic heterocycles. The van der Waals surface area contributed by atoms with E-state index >= 15 is 0 Å². The van der Waals surface area contributed by atoms with Crippen LogP contribution in [-0.2, 0) is 4.57 Å². The van der Waals surface area contributed by atoms with Crippen LogP contribution in [0.2, 0.25) is 0 Å². The van der Waals surface area contributed by atoms with Crippen LogP contribution in [0.4, 0.5) is 0 Å². The molecule has 0 aliphatic heterocycles. The lowest BCUT2D eigenvalue weighted by Gasteiger charge is -2.39. The summed E-state index contributed by atoms with van der Waals surface area (Å²) < 4.78 is 12.6. The van der Waals surface area contributed by atoms with Crippen LogP contribution in [0, 0.1) is 0 Å². The van der Waals surface area contributed by atoms with Gasteiger partial charge in [-0.05, 0) is 38.5 Å². The Bertz CT molecular complexity index is 417. The van der Waals surface area contributed by atoms with Crippen molar-refractivity contribution in [1.29, 1.82) is 0 Å². The van der Waals surface area contributed by atoms with Crippen molar-refractivity contribution in [2.45, 2.75) is 122 Å². The third-order valence-electron chi connectivity index (χ3n) is 6.08. The molecule has 2 unspecified atom stereocenters. The van der Waals surface area contributed by atoms with E-state index < -0.39 is 13.3 Å². The Kier molecular flexibility index (Phi) is 16.4. The minimum atomic E-state index is -2.42. The minimum Gasteiger partial charge on any atom is -0.590 e. The van der Waals surface area contributed by atoms with Gasteiger partial charge < -0.3 is 4.89 Å². The Hall–Kier alpha value is -0.240. The first-order valence-corrected chi connectivity index (χ1v) is 13.1. The van der Waals surface area contributed by atoms with Crippen molar-refractivity contribution in [3.8, 4) is 0 Å². The number of nitrogens with zero attached hydrogens (tertiary/aromatic N) is 1. The van der Waals surface area contributed by atoms with Crippen LogP contribution in [-0.4, -0.2) is 30.9 Å². The molecule has 0 amide bonds. The van der Waals surface area contributed by atoms with Gasteiger partial charge in [0.2, 0.25) is 0 Å². The topological polar surface area (TPSA) is 40.1 Å². The van der Waals surface area contributed by atoms with Crippen molar-refractivity contribution < 1.29 is 13.9 Å². The monoisotopic (exact) mass is 414 g/mol. The first-order valence-electron chi connectivity index (χ1n) is 11.9. The van der Waals surface area contributed by atoms with E-state index in [9.17, 15) is 9.46 Å². The Morgan fingerprint density at radius 3 is 1.61 bits per heavy atom. The summed E-state index contributed by atoms with van der Waals surface area (Å²) in [6.45, 7) is 4.35. The lowest BCUT2D eigenvalue weighted by atomic mass is 9.99. The van der Waals surface area contributed by atoms with Gasteiger partial charge in [0.25, 0.3) is 5.28 Å². The largest absolute Gasteiger partial charge is 0.590 e. The molecule has 4 heteroatoms. The average molecular weight is 415 g/mol. The van der Waals surface area contributed by atoms with Crippen molar-refractivity contribution >= 4 is 8.03 Å². The summed E-state index contributed by atoms with van der Waals surface area (Å²) in [5, 5.41) is -0.597. The predicted molar refractivity (Wildman–Crippen MR) is 123 cm³/mol. The summed E-state index contributed by atoms with van der Waals surface area (Å²) in [6.07, 6.45) is 23.8. The molecule has 0 spiro atoms. The summed E-state index contributed by atoms with van der Waals surface area (Å²) in [6, 6.07) is 0. The average Bonchev–Trinajstić information content (AvgIpc) is 2.62. The van der Waals surface area contributed by atoms with E-state index in [0.29, 0.717) is 4.48 Å². The maximum absolute atomic E-state index is 12.0. The zero-order chi connectivity index (χ0) is 21.3. The molecule has 28 heavy (non-hydrogen) atoms. The zero-order valence-electron chi connectivity index (χ0n) is 19.7. The van der Waals surface area contributed by atoms with Gasteiger partial charge in [0.1, 0.15) is 0 Å². The summed E-state index contributed by atoms with van der Waals surface area (Å²) in [5.41, 5.74) is 0. The van der Waals surface area contributed by atoms with E-state index in [-0.39, 0.29) is 0 Å². The van der Waals surface area contributed by atoms with Gasteiger partial charge in [0.15, 0.2) is 0 Å². The van der Waals surface area contributed by atoms with Crippen molar-refractivity contribution in [3.05, 3.63) is 12.2 Å². The molecule has 0 aliphatic rings. The van der Waals surface area contributed by atoms with Crippen LogP contribution in [0.1, 0.15) is 117 Å². The van der Waals surface area contributed by atoms with E-state index in [1.54, 1.807) is 0 Å². The smallest absolute Gasteiger partial charge is 0.376 e. The van der Waals surface area contributed by atoms with Gasteiger partial charge in [-0.2, -0.15) is 0 Å². The quantitative estimate of drug-likeness (QED) is 0.0960. The SMILES string of the molecule is CCCCCCCCC/C=C\CCCCCCC(CCC)([P+](=O)[O-])[N+](C)(C)C. The molecule has 0 heterocycles. The number of unbranched alkanes of at least 4 members (excludes halogenated alkanes) is 11. The first kappa shape index (κ1) is 27.8. The van der Waals surface area contributed by atoms with E-state index in [2.05, 4.69) is 26.0 Å². The molecule has 0 rings (SSSR count). The van der Waals surface area contributed by atoms with E-state index in [4.69, 9.17) is 0 Å². The minimum absolute atomic E-state index is 0.515. The van der Waals surface area contributed by atoms with Crippen LogP contribution in [0.25, 0.3) is 0 Å². The second kappa shape index (κ2) is 16.5. The molecule has 2 atom stereocenters. The fraction of sp³-hybridized carbons (Fsp3) is 0.917. The Morgan fingerprint density at radius 2 is 1.18 bits per heavy atom. The van der Waals surface area contributed by atoms with Crippen LogP contribution < -0.4 is 4.89 Å². The van der Waals surface area contributed by atoms with Gasteiger partial charge in [-0.3, -0.25) is 4.48 Å². The molecule has 0 N–H and O–H groups in total. The van der Waals surface area contributed by atoms with Gasteiger partial charge >= 0.3 is 8.03 Å². The lowest BCUT2D eigenvalue weighted by Crippen LogP contribution is -2.55. The number of rotatable bonds is 19. The summed E-state index contributed by atoms with van der Waals surface area (Å²) in [5.74, 6) is 0. The summed E-state index contributed by atoms with van der Waals surface area (Å²) in [7, 11) is 3.65. The molecule has 0 aliphatic carbocycles. The predicted octanol–water partition coefficient (Wildman–Crippen LogP) is 7.33. The Balaban J connectivity index is 3.83. The third kappa shape index (κ3) is 11.7. The molecule has 0 fully saturated rings. The molecule has 0 bridgehead atoms. The van der Waals surface area contributed by atoms with Gasteiger partial charge in [-0.15, -0.1) is 0 Å². The highest BCUT2D eigenvalue weighted by Crippen LogP contribution is 2.45. The van der Waals surface area contributed by atoms with E-state index in [1.165, 1.54) is 70.6 Å². The lowest BCUT2D eigenvalue weighted by molar-refractivity contribution is -0.910. The number of quaternary nitrogens is 1. The van der Waals surface area contributed by atoms with Crippen molar-refractivity contribution in [2.24, 2.45) is 0 Å². The molecule has 166 valence electrons. The molecule has 0 aromatic rings. The maximum atomic E-state index is 12.0. The molecular formula is C24H49NO2P+. The summed E-state index contributed by atoms with van der Waals surface area (Å²) >= 11 is 0. The van der Waals surface area contributed by atoms with Gasteiger partial charge in [0.05, 0.1) is 21.1 Å². The second-order valence-electron chi connectivity index (χ2n) is 9.34. The van der Waals surface area contributed by atoms with Crippen molar-refractivity contribution in [3.63, 3.8) is 0 Å². The fourth-order valence-corrected chi connectivity index (χ4v) is 5.34. The van der Waals surface area contributed by atoms with Gasteiger partial charge in [-0.1, -0.05) is 81.9 Å². The molecule has 0 saturated carbocycles. The van der Waals surface area contributed by atoms with Crippen molar-refractivity contribution in [1.82, 2.24) is 0 Å². The van der Waals surface area contributed by atoms with Crippen molar-refractivity contribution in [2.75, 3.05) is 21.1 Å².